The molecule has 116 valence electrons. The number of pyridine rings is 1. The number of imidazole rings is 1. The predicted octanol–water partition coefficient (Wildman–Crippen LogP) is 0.875. The summed E-state index contributed by atoms with van der Waals surface area (Å²) in [6.07, 6.45) is 5.84. The van der Waals surface area contributed by atoms with E-state index in [0.29, 0.717) is 13.0 Å². The topological polar surface area (TPSA) is 68.9 Å². The lowest BCUT2D eigenvalue weighted by atomic mass is 10.1. The SMILES string of the molecule is Cc1cn2c(n1)CC[C@@H](NC(=O)CCn1ccccc1=O)C2. The van der Waals surface area contributed by atoms with E-state index in [4.69, 9.17) is 0 Å². The molecule has 0 spiro atoms. The Morgan fingerprint density at radius 2 is 2.32 bits per heavy atom. The third-order valence-corrected chi connectivity index (χ3v) is 3.96. The van der Waals surface area contributed by atoms with Crippen molar-refractivity contribution in [1.82, 2.24) is 19.4 Å². The van der Waals surface area contributed by atoms with Gasteiger partial charge in [0.1, 0.15) is 5.82 Å². The van der Waals surface area contributed by atoms with E-state index in [1.165, 1.54) is 6.07 Å². The van der Waals surface area contributed by atoms with Crippen molar-refractivity contribution < 1.29 is 4.79 Å². The number of carbonyl (C=O) groups is 1. The summed E-state index contributed by atoms with van der Waals surface area (Å²) in [5.74, 6) is 1.08. The maximum atomic E-state index is 12.1. The zero-order valence-electron chi connectivity index (χ0n) is 12.7. The zero-order chi connectivity index (χ0) is 15.5. The van der Waals surface area contributed by atoms with Crippen LogP contribution in [-0.4, -0.2) is 26.1 Å². The van der Waals surface area contributed by atoms with Crippen LogP contribution in [0.15, 0.2) is 35.4 Å². The second-order valence-corrected chi connectivity index (χ2v) is 5.74. The van der Waals surface area contributed by atoms with Crippen LogP contribution >= 0.6 is 0 Å². The Labute approximate surface area is 128 Å². The lowest BCUT2D eigenvalue weighted by Crippen LogP contribution is -2.41. The third-order valence-electron chi connectivity index (χ3n) is 3.96. The molecular formula is C16H20N4O2. The highest BCUT2D eigenvalue weighted by Crippen LogP contribution is 2.15. The van der Waals surface area contributed by atoms with E-state index < -0.39 is 0 Å². The number of hydrogen-bond acceptors (Lipinski definition) is 3. The van der Waals surface area contributed by atoms with Gasteiger partial charge in [-0.25, -0.2) is 4.98 Å². The molecule has 6 nitrogen and oxygen atoms in total. The lowest BCUT2D eigenvalue weighted by Gasteiger charge is -2.24. The highest BCUT2D eigenvalue weighted by Gasteiger charge is 2.20. The molecule has 1 amide bonds. The second-order valence-electron chi connectivity index (χ2n) is 5.74. The van der Waals surface area contributed by atoms with Gasteiger partial charge < -0.3 is 14.5 Å². The van der Waals surface area contributed by atoms with Crippen LogP contribution in [0.1, 0.15) is 24.4 Å². The van der Waals surface area contributed by atoms with Crippen molar-refractivity contribution >= 4 is 5.91 Å². The molecule has 22 heavy (non-hydrogen) atoms. The molecule has 0 aliphatic carbocycles. The summed E-state index contributed by atoms with van der Waals surface area (Å²) in [5.41, 5.74) is 0.942. The number of rotatable bonds is 4. The zero-order valence-corrected chi connectivity index (χ0v) is 12.7. The number of hydrogen-bond donors (Lipinski definition) is 1. The molecule has 2 aromatic rings. The second kappa shape index (κ2) is 6.17. The van der Waals surface area contributed by atoms with Crippen molar-refractivity contribution in [3.8, 4) is 0 Å². The van der Waals surface area contributed by atoms with E-state index in [1.807, 2.05) is 13.1 Å². The summed E-state index contributed by atoms with van der Waals surface area (Å²) >= 11 is 0. The molecular weight excluding hydrogens is 280 g/mol. The van der Waals surface area contributed by atoms with Crippen molar-refractivity contribution in [2.24, 2.45) is 0 Å². The number of aromatic nitrogens is 3. The van der Waals surface area contributed by atoms with Gasteiger partial charge in [-0.2, -0.15) is 0 Å². The molecule has 3 heterocycles. The van der Waals surface area contributed by atoms with Crippen LogP contribution in [0.4, 0.5) is 0 Å². The van der Waals surface area contributed by atoms with Crippen LogP contribution in [0.25, 0.3) is 0 Å². The Hall–Kier alpha value is -2.37. The highest BCUT2D eigenvalue weighted by molar-refractivity contribution is 5.76. The fraction of sp³-hybridized carbons (Fsp3) is 0.438. The van der Waals surface area contributed by atoms with Crippen LogP contribution in [0.3, 0.4) is 0 Å². The van der Waals surface area contributed by atoms with E-state index in [0.717, 1.165) is 30.9 Å². The molecule has 1 aliphatic heterocycles. The quantitative estimate of drug-likeness (QED) is 0.911. The number of nitrogens with one attached hydrogen (secondary N) is 1. The molecule has 0 saturated carbocycles. The summed E-state index contributed by atoms with van der Waals surface area (Å²) in [6.45, 7) is 3.16. The van der Waals surface area contributed by atoms with E-state index in [-0.39, 0.29) is 17.5 Å². The maximum absolute atomic E-state index is 12.1. The first kappa shape index (κ1) is 14.6. The van der Waals surface area contributed by atoms with Crippen LogP contribution < -0.4 is 10.9 Å². The van der Waals surface area contributed by atoms with Gasteiger partial charge in [0.15, 0.2) is 0 Å². The average molecular weight is 300 g/mol. The van der Waals surface area contributed by atoms with Crippen LogP contribution in [0, 0.1) is 6.92 Å². The van der Waals surface area contributed by atoms with Crippen molar-refractivity contribution in [3.05, 3.63) is 52.5 Å². The Morgan fingerprint density at radius 1 is 1.45 bits per heavy atom. The Kier molecular flexibility index (Phi) is 4.09. The number of nitrogens with zero attached hydrogens (tertiary/aromatic N) is 3. The molecule has 3 rings (SSSR count). The molecule has 0 unspecified atom stereocenters. The lowest BCUT2D eigenvalue weighted by molar-refractivity contribution is -0.122. The molecule has 1 N–H and O–H groups in total. The van der Waals surface area contributed by atoms with Gasteiger partial charge in [0.05, 0.1) is 5.69 Å². The largest absolute Gasteiger partial charge is 0.352 e. The minimum Gasteiger partial charge on any atom is -0.352 e. The minimum absolute atomic E-state index is 0.0129. The van der Waals surface area contributed by atoms with Crippen molar-refractivity contribution in [3.63, 3.8) is 0 Å². The number of aryl methyl sites for hydroxylation is 3. The molecule has 0 bridgehead atoms. The molecule has 1 atom stereocenters. The van der Waals surface area contributed by atoms with Crippen LogP contribution in [0.2, 0.25) is 0 Å². The van der Waals surface area contributed by atoms with Crippen molar-refractivity contribution in [2.45, 2.75) is 45.3 Å². The van der Waals surface area contributed by atoms with Gasteiger partial charge in [0, 0.05) is 50.4 Å². The molecule has 2 aromatic heterocycles. The van der Waals surface area contributed by atoms with E-state index in [2.05, 4.69) is 14.9 Å². The van der Waals surface area contributed by atoms with Crippen molar-refractivity contribution in [1.29, 1.82) is 0 Å². The van der Waals surface area contributed by atoms with Gasteiger partial charge in [-0.15, -0.1) is 0 Å². The molecule has 0 saturated heterocycles. The minimum atomic E-state index is -0.0773. The normalized spacial score (nSPS) is 17.0. The first-order valence-electron chi connectivity index (χ1n) is 7.59. The van der Waals surface area contributed by atoms with E-state index in [9.17, 15) is 9.59 Å². The van der Waals surface area contributed by atoms with Gasteiger partial charge in [-0.1, -0.05) is 6.07 Å². The van der Waals surface area contributed by atoms with Gasteiger partial charge in [-0.3, -0.25) is 9.59 Å². The monoisotopic (exact) mass is 300 g/mol. The van der Waals surface area contributed by atoms with Gasteiger partial charge in [-0.05, 0) is 19.4 Å². The summed E-state index contributed by atoms with van der Waals surface area (Å²) in [7, 11) is 0. The number of fused-ring (bicyclic) bond motifs is 1. The van der Waals surface area contributed by atoms with Crippen molar-refractivity contribution in [2.75, 3.05) is 0 Å². The Morgan fingerprint density at radius 3 is 3.14 bits per heavy atom. The third kappa shape index (κ3) is 3.27. The number of carbonyl (C=O) groups excluding carboxylic acids is 1. The summed E-state index contributed by atoms with van der Waals surface area (Å²) in [4.78, 5) is 28.1. The molecule has 0 aromatic carbocycles. The standard InChI is InChI=1S/C16H20N4O2/c1-12-10-20-11-13(5-6-14(20)17-12)18-15(21)7-9-19-8-3-2-4-16(19)22/h2-4,8,10,13H,5-7,9,11H2,1H3,(H,18,21)/t13-/m1/s1. The Balaban J connectivity index is 1.53. The summed E-state index contributed by atoms with van der Waals surface area (Å²) in [6, 6.07) is 5.14. The number of amides is 1. The summed E-state index contributed by atoms with van der Waals surface area (Å²) < 4.78 is 3.67. The maximum Gasteiger partial charge on any atom is 0.250 e. The predicted molar refractivity (Wildman–Crippen MR) is 82.5 cm³/mol. The van der Waals surface area contributed by atoms with Gasteiger partial charge in [0.25, 0.3) is 5.56 Å². The first-order valence-corrected chi connectivity index (χ1v) is 7.59. The molecule has 0 fully saturated rings. The van der Waals surface area contributed by atoms with Gasteiger partial charge in [0.2, 0.25) is 5.91 Å². The average Bonchev–Trinajstić information content (AvgIpc) is 2.86. The molecule has 0 radical (unpaired) electrons. The van der Waals surface area contributed by atoms with Gasteiger partial charge >= 0.3 is 0 Å². The smallest absolute Gasteiger partial charge is 0.250 e. The molecule has 6 heteroatoms. The fourth-order valence-corrected chi connectivity index (χ4v) is 2.87. The van der Waals surface area contributed by atoms with Crippen LogP contribution in [-0.2, 0) is 24.3 Å². The van der Waals surface area contributed by atoms with E-state index >= 15 is 0 Å². The first-order chi connectivity index (χ1) is 10.6. The Bertz CT molecular complexity index is 732. The molecule has 1 aliphatic rings. The summed E-state index contributed by atoms with van der Waals surface area (Å²) in [5, 5.41) is 3.06. The fourth-order valence-electron chi connectivity index (χ4n) is 2.87. The van der Waals surface area contributed by atoms with Crippen LogP contribution in [0.5, 0.6) is 0 Å². The van der Waals surface area contributed by atoms with E-state index in [1.54, 1.807) is 22.9 Å². The highest BCUT2D eigenvalue weighted by atomic mass is 16.2.